The first-order valence-electron chi connectivity index (χ1n) is 19.4. The van der Waals surface area contributed by atoms with Crippen LogP contribution in [0.15, 0.2) is 48.6 Å². The molecule has 0 aliphatic heterocycles. The Morgan fingerprint density at radius 3 is 1.31 bits per heavy atom. The van der Waals surface area contributed by atoms with E-state index >= 15 is 0 Å². The number of benzene rings is 2. The molecule has 2 aromatic carbocycles. The van der Waals surface area contributed by atoms with E-state index in [4.69, 9.17) is 18.9 Å². The van der Waals surface area contributed by atoms with Crippen LogP contribution in [0.4, 0.5) is 15.4 Å². The number of rotatable bonds is 25. The van der Waals surface area contributed by atoms with Gasteiger partial charge in [-0.3, -0.25) is 24.0 Å². The molecule has 3 N–H and O–H groups in total. The molecule has 5 aromatic rings. The second-order valence-electron chi connectivity index (χ2n) is 13.0. The van der Waals surface area contributed by atoms with Gasteiger partial charge in [0.1, 0.15) is 20.9 Å². The predicted octanol–water partition coefficient (Wildman–Crippen LogP) is 6.33. The van der Waals surface area contributed by atoms with Crippen molar-refractivity contribution in [1.29, 1.82) is 0 Å². The SMILES string of the molecule is CCOc1cc(/C=C\C(=O)C(C(=O)/C=C/c2ccc(OC(=O)CCNc3nnc(C)s3)c(OCC)c2)C(=O)CCNc2nnc(C)s2)ccc1OC(=O)CCNc1nnc(C)s1. The predicted molar refractivity (Wildman–Crippen MR) is 236 cm³/mol. The zero-order valence-corrected chi connectivity index (χ0v) is 37.0. The highest BCUT2D eigenvalue weighted by atomic mass is 32.1. The largest absolute Gasteiger partial charge is 0.490 e. The number of Topliss-reactive ketones (excluding diaryl/α,β-unsaturated/α-hetero) is 1. The van der Waals surface area contributed by atoms with Gasteiger partial charge in [0.05, 0.1) is 26.1 Å². The van der Waals surface area contributed by atoms with Gasteiger partial charge in [-0.2, -0.15) is 0 Å². The number of carbonyl (C=O) groups is 5. The smallest absolute Gasteiger partial charge is 0.313 e. The lowest BCUT2D eigenvalue weighted by Crippen LogP contribution is -2.31. The Labute approximate surface area is 369 Å². The average Bonchev–Trinajstić information content (AvgIpc) is 3.98. The third-order valence-electron chi connectivity index (χ3n) is 8.19. The van der Waals surface area contributed by atoms with Crippen LogP contribution in [0.1, 0.15) is 59.3 Å². The van der Waals surface area contributed by atoms with Gasteiger partial charge < -0.3 is 34.9 Å². The van der Waals surface area contributed by atoms with Crippen molar-refractivity contribution in [2.75, 3.05) is 48.8 Å². The van der Waals surface area contributed by atoms with E-state index in [0.29, 0.717) is 26.5 Å². The summed E-state index contributed by atoms with van der Waals surface area (Å²) in [5, 5.41) is 36.8. The summed E-state index contributed by atoms with van der Waals surface area (Å²) in [6.45, 7) is 10.2. The molecule has 0 radical (unpaired) electrons. The van der Waals surface area contributed by atoms with Crippen LogP contribution in [0, 0.1) is 26.7 Å². The van der Waals surface area contributed by atoms with Crippen molar-refractivity contribution in [3.8, 4) is 23.0 Å². The van der Waals surface area contributed by atoms with Gasteiger partial charge in [-0.25, -0.2) is 0 Å². The first kappa shape index (κ1) is 46.6. The van der Waals surface area contributed by atoms with Crippen LogP contribution in [0.5, 0.6) is 23.0 Å². The van der Waals surface area contributed by atoms with Crippen molar-refractivity contribution in [2.24, 2.45) is 5.92 Å². The second kappa shape index (κ2) is 23.5. The molecule has 0 spiro atoms. The number of nitrogens with one attached hydrogen (secondary N) is 3. The van der Waals surface area contributed by atoms with Gasteiger partial charge in [0, 0.05) is 26.1 Å². The number of hydrogen-bond donors (Lipinski definition) is 3. The highest BCUT2D eigenvalue weighted by Crippen LogP contribution is 2.31. The Balaban J connectivity index is 1.26. The van der Waals surface area contributed by atoms with Crippen molar-refractivity contribution < 1.29 is 42.9 Å². The van der Waals surface area contributed by atoms with Crippen LogP contribution in [0.25, 0.3) is 12.2 Å². The monoisotopic (exact) mass is 903 g/mol. The average molecular weight is 904 g/mol. The molecular formula is C41H45N9O9S3. The van der Waals surface area contributed by atoms with Crippen molar-refractivity contribution in [3.05, 3.63) is 74.7 Å². The fraction of sp³-hybridized carbons (Fsp3) is 0.341. The molecule has 3 aromatic heterocycles. The maximum Gasteiger partial charge on any atom is 0.313 e. The molecule has 18 nitrogen and oxygen atoms in total. The minimum Gasteiger partial charge on any atom is -0.490 e. The number of aromatic nitrogens is 6. The molecule has 1 atom stereocenters. The lowest BCUT2D eigenvalue weighted by Gasteiger charge is -2.12. The summed E-state index contributed by atoms with van der Waals surface area (Å²) in [4.78, 5) is 66.3. The van der Waals surface area contributed by atoms with Gasteiger partial charge in [0.15, 0.2) is 40.3 Å². The summed E-state index contributed by atoms with van der Waals surface area (Å²) in [6.07, 6.45) is 5.17. The van der Waals surface area contributed by atoms with Crippen molar-refractivity contribution in [2.45, 2.75) is 53.9 Å². The van der Waals surface area contributed by atoms with Gasteiger partial charge >= 0.3 is 11.9 Å². The zero-order chi connectivity index (χ0) is 44.4. The summed E-state index contributed by atoms with van der Waals surface area (Å²) < 4.78 is 22.6. The van der Waals surface area contributed by atoms with Crippen LogP contribution >= 0.6 is 34.0 Å². The molecule has 0 amide bonds. The number of carbonyl (C=O) groups excluding carboxylic acids is 5. The quantitative estimate of drug-likeness (QED) is 0.0251. The van der Waals surface area contributed by atoms with Crippen molar-refractivity contribution >= 4 is 90.8 Å². The normalized spacial score (nSPS) is 11.6. The van der Waals surface area contributed by atoms with Crippen LogP contribution in [-0.2, 0) is 24.0 Å². The Morgan fingerprint density at radius 1 is 0.565 bits per heavy atom. The number of nitrogens with zero attached hydrogens (tertiary/aromatic N) is 6. The minimum absolute atomic E-state index is 0.0498. The maximum atomic E-state index is 13.7. The number of ether oxygens (including phenoxy) is 4. The van der Waals surface area contributed by atoms with Gasteiger partial charge in [-0.15, -0.1) is 30.6 Å². The van der Waals surface area contributed by atoms with Crippen LogP contribution in [-0.4, -0.2) is 92.7 Å². The van der Waals surface area contributed by atoms with Gasteiger partial charge in [0.2, 0.25) is 15.4 Å². The molecule has 326 valence electrons. The lowest BCUT2D eigenvalue weighted by molar-refractivity contribution is -0.137. The Bertz CT molecular complexity index is 2270. The van der Waals surface area contributed by atoms with E-state index in [-0.39, 0.29) is 75.1 Å². The van der Waals surface area contributed by atoms with E-state index in [0.717, 1.165) is 27.2 Å². The summed E-state index contributed by atoms with van der Waals surface area (Å²) in [5.41, 5.74) is 0.981. The van der Waals surface area contributed by atoms with Gasteiger partial charge in [-0.05, 0) is 82.2 Å². The van der Waals surface area contributed by atoms with Crippen molar-refractivity contribution in [1.82, 2.24) is 30.6 Å². The zero-order valence-electron chi connectivity index (χ0n) is 34.6. The number of allylic oxidation sites excluding steroid dienone is 2. The fourth-order valence-corrected chi connectivity index (χ4v) is 7.25. The number of ketones is 3. The third kappa shape index (κ3) is 14.6. The Hall–Kier alpha value is -6.45. The summed E-state index contributed by atoms with van der Waals surface area (Å²) in [6, 6.07) is 9.46. The van der Waals surface area contributed by atoms with E-state index in [9.17, 15) is 24.0 Å². The number of esters is 2. The summed E-state index contributed by atoms with van der Waals surface area (Å²) >= 11 is 4.05. The standard InChI is InChI=1S/C41H45N9O9S3/c1-6-56-34-22-27(10-14-32(34)58-36(54)17-20-43-40-49-46-25(4)61-40)8-12-29(51)38(31(53)16-19-42-39-48-45-24(3)60-39)30(52)13-9-28-11-15-33(35(23-28)57-7-2)59-37(55)18-21-44-41-50-47-26(5)62-41/h8-15,22-23,38H,6-7,16-21H2,1-5H3,(H,42,48)(H,43,49)(H,44,50)/b12-8-,13-9+. The van der Waals surface area contributed by atoms with E-state index in [1.165, 1.54) is 58.3 Å². The van der Waals surface area contributed by atoms with Crippen LogP contribution in [0.2, 0.25) is 0 Å². The molecule has 0 bridgehead atoms. The van der Waals surface area contributed by atoms with Gasteiger partial charge in [0.25, 0.3) is 0 Å². The minimum atomic E-state index is -1.66. The number of aryl methyl sites for hydroxylation is 3. The number of anilines is 3. The molecule has 0 aliphatic carbocycles. The molecular weight excluding hydrogens is 859 g/mol. The maximum absolute atomic E-state index is 13.7. The first-order valence-corrected chi connectivity index (χ1v) is 21.9. The van der Waals surface area contributed by atoms with E-state index < -0.39 is 35.2 Å². The third-order valence-corrected chi connectivity index (χ3v) is 10.6. The molecule has 0 aliphatic rings. The molecule has 62 heavy (non-hydrogen) atoms. The first-order chi connectivity index (χ1) is 29.9. The van der Waals surface area contributed by atoms with E-state index in [2.05, 4.69) is 46.5 Å². The Morgan fingerprint density at radius 2 is 0.952 bits per heavy atom. The molecule has 0 saturated carbocycles. The number of hydrogen-bond acceptors (Lipinski definition) is 21. The molecule has 1 unspecified atom stereocenters. The molecule has 5 rings (SSSR count). The van der Waals surface area contributed by atoms with E-state index in [1.807, 2.05) is 13.8 Å². The molecule has 0 fully saturated rings. The van der Waals surface area contributed by atoms with Crippen LogP contribution < -0.4 is 34.9 Å². The van der Waals surface area contributed by atoms with Crippen molar-refractivity contribution in [3.63, 3.8) is 0 Å². The molecule has 0 saturated heterocycles. The lowest BCUT2D eigenvalue weighted by atomic mass is 9.91. The Kier molecular flexibility index (Phi) is 17.7. The second-order valence-corrected chi connectivity index (χ2v) is 16.6. The molecule has 3 heterocycles. The highest BCUT2D eigenvalue weighted by Gasteiger charge is 2.30. The molecule has 21 heteroatoms. The van der Waals surface area contributed by atoms with Gasteiger partial charge in [-0.1, -0.05) is 58.3 Å². The van der Waals surface area contributed by atoms with Crippen LogP contribution in [0.3, 0.4) is 0 Å². The highest BCUT2D eigenvalue weighted by molar-refractivity contribution is 7.15. The topological polar surface area (TPSA) is 236 Å². The summed E-state index contributed by atoms with van der Waals surface area (Å²) in [7, 11) is 0. The fourth-order valence-electron chi connectivity index (χ4n) is 5.40. The summed E-state index contributed by atoms with van der Waals surface area (Å²) in [5.74, 6) is -3.86. The van der Waals surface area contributed by atoms with E-state index in [1.54, 1.807) is 45.0 Å².